The lowest BCUT2D eigenvalue weighted by Gasteiger charge is -2.06. The van der Waals surface area contributed by atoms with Crippen molar-refractivity contribution < 1.29 is 8.78 Å². The van der Waals surface area contributed by atoms with Gasteiger partial charge >= 0.3 is 0 Å². The molecule has 0 radical (unpaired) electrons. The fraction of sp³-hybridized carbons (Fsp3) is 0.333. The van der Waals surface area contributed by atoms with Gasteiger partial charge in [0.1, 0.15) is 0 Å². The number of aryl methyl sites for hydroxylation is 2. The van der Waals surface area contributed by atoms with Gasteiger partial charge < -0.3 is 0 Å². The summed E-state index contributed by atoms with van der Waals surface area (Å²) in [5.74, 6) is 0. The molecule has 0 amide bonds. The van der Waals surface area contributed by atoms with Crippen LogP contribution in [0.2, 0.25) is 5.02 Å². The third-order valence-corrected chi connectivity index (χ3v) is 2.18. The number of halogens is 3. The largest absolute Gasteiger partial charge is 0.265 e. The minimum absolute atomic E-state index is 0.0748. The molecule has 12 heavy (non-hydrogen) atoms. The Kier molecular flexibility index (Phi) is 2.68. The molecule has 0 fully saturated rings. The lowest BCUT2D eigenvalue weighted by Crippen LogP contribution is -1.90. The van der Waals surface area contributed by atoms with Gasteiger partial charge in [-0.1, -0.05) is 23.2 Å². The standard InChI is InChI=1S/C9H9ClF2/c1-5-3-6(2)8(10)7(4-5)9(11)12/h3-4,9H,1-2H3. The molecule has 0 unspecified atom stereocenters. The third-order valence-electron chi connectivity index (χ3n) is 1.66. The summed E-state index contributed by atoms with van der Waals surface area (Å²) >= 11 is 5.68. The summed E-state index contributed by atoms with van der Waals surface area (Å²) in [5, 5.41) is 0.176. The Labute approximate surface area is 75.2 Å². The normalized spacial score (nSPS) is 10.8. The summed E-state index contributed by atoms with van der Waals surface area (Å²) in [7, 11) is 0. The molecule has 0 bridgehead atoms. The van der Waals surface area contributed by atoms with Crippen LogP contribution in [-0.2, 0) is 0 Å². The van der Waals surface area contributed by atoms with Crippen LogP contribution in [0.15, 0.2) is 12.1 Å². The Balaban J connectivity index is 3.28. The highest BCUT2D eigenvalue weighted by Crippen LogP contribution is 2.30. The number of benzene rings is 1. The molecule has 0 aromatic heterocycles. The van der Waals surface area contributed by atoms with E-state index in [2.05, 4.69) is 0 Å². The van der Waals surface area contributed by atoms with Crippen LogP contribution < -0.4 is 0 Å². The number of hydrogen-bond acceptors (Lipinski definition) is 0. The van der Waals surface area contributed by atoms with Gasteiger partial charge in [0, 0.05) is 5.56 Å². The average Bonchev–Trinajstić information content (AvgIpc) is 1.96. The Morgan fingerprint density at radius 3 is 2.33 bits per heavy atom. The van der Waals surface area contributed by atoms with Gasteiger partial charge in [-0.2, -0.15) is 0 Å². The van der Waals surface area contributed by atoms with E-state index in [0.717, 1.165) is 5.56 Å². The second-order valence-electron chi connectivity index (χ2n) is 2.79. The van der Waals surface area contributed by atoms with Gasteiger partial charge in [-0.05, 0) is 25.5 Å². The van der Waals surface area contributed by atoms with E-state index in [1.54, 1.807) is 19.9 Å². The zero-order valence-electron chi connectivity index (χ0n) is 6.87. The highest BCUT2D eigenvalue weighted by atomic mass is 35.5. The molecule has 0 atom stereocenters. The van der Waals surface area contributed by atoms with Gasteiger partial charge in [-0.15, -0.1) is 0 Å². The maximum absolute atomic E-state index is 12.3. The molecular formula is C9H9ClF2. The number of rotatable bonds is 1. The number of alkyl halides is 2. The first-order valence-corrected chi connectivity index (χ1v) is 3.95. The van der Waals surface area contributed by atoms with E-state index in [9.17, 15) is 8.78 Å². The minimum atomic E-state index is -2.49. The minimum Gasteiger partial charge on any atom is -0.205 e. The zero-order valence-corrected chi connectivity index (χ0v) is 7.62. The molecule has 0 nitrogen and oxygen atoms in total. The van der Waals surface area contributed by atoms with Gasteiger partial charge in [0.15, 0.2) is 0 Å². The molecule has 0 aliphatic rings. The first-order valence-electron chi connectivity index (χ1n) is 3.57. The van der Waals surface area contributed by atoms with Gasteiger partial charge in [0.25, 0.3) is 6.43 Å². The predicted octanol–water partition coefficient (Wildman–Crippen LogP) is 3.89. The molecule has 0 spiro atoms. The summed E-state index contributed by atoms with van der Waals surface area (Å²) in [6, 6.07) is 3.20. The predicted molar refractivity (Wildman–Crippen MR) is 45.9 cm³/mol. The fourth-order valence-corrected chi connectivity index (χ4v) is 1.33. The van der Waals surface area contributed by atoms with Crippen LogP contribution in [0.5, 0.6) is 0 Å². The summed E-state index contributed by atoms with van der Waals surface area (Å²) in [6.07, 6.45) is -2.49. The molecule has 66 valence electrons. The van der Waals surface area contributed by atoms with Crippen molar-refractivity contribution in [3.8, 4) is 0 Å². The van der Waals surface area contributed by atoms with Crippen molar-refractivity contribution in [3.05, 3.63) is 33.8 Å². The Morgan fingerprint density at radius 2 is 1.83 bits per heavy atom. The molecule has 0 heterocycles. The highest BCUT2D eigenvalue weighted by Gasteiger charge is 2.13. The Morgan fingerprint density at radius 1 is 1.25 bits per heavy atom. The van der Waals surface area contributed by atoms with Crippen molar-refractivity contribution in [2.24, 2.45) is 0 Å². The molecule has 3 heteroatoms. The molecule has 1 aromatic rings. The second-order valence-corrected chi connectivity index (χ2v) is 3.16. The molecule has 0 aliphatic heterocycles. The van der Waals surface area contributed by atoms with Crippen molar-refractivity contribution in [3.63, 3.8) is 0 Å². The zero-order chi connectivity index (χ0) is 9.30. The van der Waals surface area contributed by atoms with E-state index in [4.69, 9.17) is 11.6 Å². The molecule has 0 aliphatic carbocycles. The van der Waals surface area contributed by atoms with E-state index in [1.165, 1.54) is 6.07 Å². The Hall–Kier alpha value is -0.630. The molecule has 0 saturated carbocycles. The van der Waals surface area contributed by atoms with E-state index < -0.39 is 6.43 Å². The van der Waals surface area contributed by atoms with Gasteiger partial charge in [-0.25, -0.2) is 8.78 Å². The first-order chi connectivity index (χ1) is 5.52. The van der Waals surface area contributed by atoms with E-state index >= 15 is 0 Å². The van der Waals surface area contributed by atoms with Crippen LogP contribution in [0.4, 0.5) is 8.78 Å². The molecule has 1 rings (SSSR count). The molecule has 0 saturated heterocycles. The van der Waals surface area contributed by atoms with Gasteiger partial charge in [0.05, 0.1) is 5.02 Å². The van der Waals surface area contributed by atoms with Crippen molar-refractivity contribution in [2.45, 2.75) is 20.3 Å². The summed E-state index contributed by atoms with van der Waals surface area (Å²) in [5.41, 5.74) is 1.44. The van der Waals surface area contributed by atoms with Crippen molar-refractivity contribution in [1.82, 2.24) is 0 Å². The average molecular weight is 191 g/mol. The lowest BCUT2D eigenvalue weighted by molar-refractivity contribution is 0.151. The first kappa shape index (κ1) is 9.46. The van der Waals surface area contributed by atoms with Crippen LogP contribution in [0.1, 0.15) is 23.1 Å². The van der Waals surface area contributed by atoms with Gasteiger partial charge in [0.2, 0.25) is 0 Å². The van der Waals surface area contributed by atoms with Crippen molar-refractivity contribution >= 4 is 11.6 Å². The van der Waals surface area contributed by atoms with Gasteiger partial charge in [-0.3, -0.25) is 0 Å². The van der Waals surface area contributed by atoms with E-state index in [0.29, 0.717) is 5.56 Å². The van der Waals surface area contributed by atoms with Crippen LogP contribution in [0.25, 0.3) is 0 Å². The van der Waals surface area contributed by atoms with E-state index in [1.807, 2.05) is 0 Å². The Bertz CT molecular complexity index is 295. The van der Waals surface area contributed by atoms with Crippen molar-refractivity contribution in [2.75, 3.05) is 0 Å². The number of hydrogen-bond donors (Lipinski definition) is 0. The smallest absolute Gasteiger partial charge is 0.205 e. The topological polar surface area (TPSA) is 0 Å². The quantitative estimate of drug-likeness (QED) is 0.630. The molecule has 1 aromatic carbocycles. The van der Waals surface area contributed by atoms with Crippen LogP contribution >= 0.6 is 11.6 Å². The second kappa shape index (κ2) is 3.40. The summed E-state index contributed by atoms with van der Waals surface area (Å²) < 4.78 is 24.6. The maximum Gasteiger partial charge on any atom is 0.265 e. The SMILES string of the molecule is Cc1cc(C)c(Cl)c(C(F)F)c1. The maximum atomic E-state index is 12.3. The van der Waals surface area contributed by atoms with Crippen molar-refractivity contribution in [1.29, 1.82) is 0 Å². The fourth-order valence-electron chi connectivity index (χ4n) is 1.14. The van der Waals surface area contributed by atoms with E-state index in [-0.39, 0.29) is 10.6 Å². The van der Waals surface area contributed by atoms with Crippen LogP contribution in [0, 0.1) is 13.8 Å². The summed E-state index contributed by atoms with van der Waals surface area (Å²) in [4.78, 5) is 0. The summed E-state index contributed by atoms with van der Waals surface area (Å²) in [6.45, 7) is 3.50. The monoisotopic (exact) mass is 190 g/mol. The third kappa shape index (κ3) is 1.75. The lowest BCUT2D eigenvalue weighted by atomic mass is 10.1. The molecule has 0 N–H and O–H groups in total. The highest BCUT2D eigenvalue weighted by molar-refractivity contribution is 6.32. The molecular weight excluding hydrogens is 182 g/mol. The van der Waals surface area contributed by atoms with Crippen LogP contribution in [0.3, 0.4) is 0 Å². The van der Waals surface area contributed by atoms with Crippen LogP contribution in [-0.4, -0.2) is 0 Å².